The monoisotopic (exact) mass is 480 g/mol. The summed E-state index contributed by atoms with van der Waals surface area (Å²) in [7, 11) is 0. The number of anilines is 2. The second kappa shape index (κ2) is 9.74. The number of hydrogen-bond acceptors (Lipinski definition) is 6. The molecule has 35 heavy (non-hydrogen) atoms. The normalized spacial score (nSPS) is 25.8. The molecule has 4 unspecified atom stereocenters. The Hall–Kier alpha value is -2.12. The van der Waals surface area contributed by atoms with Crippen molar-refractivity contribution in [1.29, 1.82) is 0 Å². The Morgan fingerprint density at radius 2 is 1.06 bits per heavy atom. The van der Waals surface area contributed by atoms with Gasteiger partial charge in [-0.2, -0.15) is 0 Å². The minimum Gasteiger partial charge on any atom is -0.398 e. The number of ether oxygens (including phenoxy) is 4. The van der Waals surface area contributed by atoms with Gasteiger partial charge in [-0.3, -0.25) is 0 Å². The predicted molar refractivity (Wildman–Crippen MR) is 140 cm³/mol. The largest absolute Gasteiger partial charge is 0.398 e. The molecule has 2 aromatic carbocycles. The Labute approximate surface area is 209 Å². The van der Waals surface area contributed by atoms with E-state index in [1.54, 1.807) is 0 Å². The zero-order chi connectivity index (χ0) is 23.4. The maximum Gasteiger partial charge on any atom is 0.0851 e. The molecule has 6 nitrogen and oxygen atoms in total. The molecule has 0 aromatic heterocycles. The fourth-order valence-corrected chi connectivity index (χ4v) is 5.65. The van der Waals surface area contributed by atoms with Crippen LogP contribution in [0.1, 0.15) is 54.7 Å². The standard InChI is InChI=1S/C28H36N2O4.CH4/c1-3-19-22(7-15-11-31-15)21(5-6-26(19)29)27-23(8-16-12-32-16)20(4-2)28(30)25(10-18-14-34-18)24(27)9-17-13-33-17;/h5-6,15-18H,3-4,7-14,29-30H2,1-2H3;1H4. The first-order chi connectivity index (χ1) is 16.6. The van der Waals surface area contributed by atoms with Crippen molar-refractivity contribution in [3.8, 4) is 11.1 Å². The van der Waals surface area contributed by atoms with Gasteiger partial charge >= 0.3 is 0 Å². The molecule has 4 atom stereocenters. The van der Waals surface area contributed by atoms with E-state index >= 15 is 0 Å². The van der Waals surface area contributed by atoms with Crippen molar-refractivity contribution >= 4 is 11.4 Å². The SMILES string of the molecule is C.CCc1c(N)ccc(-c2c(CC3CO3)c(CC)c(N)c(CC3CO3)c2CC2CO2)c1CC1CO1. The first kappa shape index (κ1) is 24.6. The molecule has 0 bridgehead atoms. The van der Waals surface area contributed by atoms with Crippen molar-refractivity contribution < 1.29 is 18.9 Å². The number of nitrogen functional groups attached to an aromatic ring is 2. The van der Waals surface area contributed by atoms with E-state index in [2.05, 4.69) is 26.0 Å². The lowest BCUT2D eigenvalue weighted by atomic mass is 9.78. The molecule has 0 aliphatic carbocycles. The van der Waals surface area contributed by atoms with E-state index < -0.39 is 0 Å². The first-order valence-corrected chi connectivity index (χ1v) is 12.9. The van der Waals surface area contributed by atoms with Gasteiger partial charge in [-0.15, -0.1) is 0 Å². The highest BCUT2D eigenvalue weighted by atomic mass is 16.6. The zero-order valence-electron chi connectivity index (χ0n) is 20.3. The Kier molecular flexibility index (Phi) is 6.83. The summed E-state index contributed by atoms with van der Waals surface area (Å²) in [5.74, 6) is 0. The third-order valence-corrected chi connectivity index (χ3v) is 7.76. The Morgan fingerprint density at radius 1 is 0.629 bits per heavy atom. The van der Waals surface area contributed by atoms with Gasteiger partial charge in [0.05, 0.1) is 50.8 Å². The van der Waals surface area contributed by atoms with Crippen LogP contribution in [0.3, 0.4) is 0 Å². The number of hydrogen-bond donors (Lipinski definition) is 2. The molecular formula is C29H40N2O4. The minimum absolute atomic E-state index is 0. The van der Waals surface area contributed by atoms with Crippen molar-refractivity contribution in [3.05, 3.63) is 45.5 Å². The summed E-state index contributed by atoms with van der Waals surface area (Å²) >= 11 is 0. The van der Waals surface area contributed by atoms with Gasteiger partial charge in [0.25, 0.3) is 0 Å². The molecule has 0 radical (unpaired) electrons. The minimum atomic E-state index is 0. The van der Waals surface area contributed by atoms with Crippen LogP contribution in [0.4, 0.5) is 11.4 Å². The lowest BCUT2D eigenvalue weighted by molar-refractivity contribution is 0.401. The van der Waals surface area contributed by atoms with Gasteiger partial charge in [-0.25, -0.2) is 0 Å². The summed E-state index contributed by atoms with van der Waals surface area (Å²) in [6.45, 7) is 7.70. The summed E-state index contributed by atoms with van der Waals surface area (Å²) in [5, 5.41) is 0. The van der Waals surface area contributed by atoms with E-state index in [4.69, 9.17) is 30.4 Å². The van der Waals surface area contributed by atoms with Crippen molar-refractivity contribution in [1.82, 2.24) is 0 Å². The summed E-state index contributed by atoms with van der Waals surface area (Å²) < 4.78 is 22.8. The van der Waals surface area contributed by atoms with Gasteiger partial charge < -0.3 is 30.4 Å². The molecule has 4 heterocycles. The van der Waals surface area contributed by atoms with Crippen molar-refractivity contribution in [2.45, 2.75) is 84.2 Å². The molecule has 4 aliphatic rings. The second-order valence-corrected chi connectivity index (χ2v) is 10.2. The average Bonchev–Trinajstić information content (AvgIpc) is 3.64. The molecule has 2 aromatic rings. The summed E-state index contributed by atoms with van der Waals surface area (Å²) in [6.07, 6.45) is 6.45. The lowest BCUT2D eigenvalue weighted by Crippen LogP contribution is -2.16. The van der Waals surface area contributed by atoms with E-state index in [9.17, 15) is 0 Å². The van der Waals surface area contributed by atoms with E-state index in [1.807, 2.05) is 0 Å². The Balaban J connectivity index is 0.00000253. The fourth-order valence-electron chi connectivity index (χ4n) is 5.65. The van der Waals surface area contributed by atoms with Gasteiger partial charge in [0, 0.05) is 37.1 Å². The van der Waals surface area contributed by atoms with Crippen LogP contribution in [0.2, 0.25) is 0 Å². The van der Waals surface area contributed by atoms with E-state index in [1.165, 1.54) is 44.5 Å². The highest BCUT2D eigenvalue weighted by molar-refractivity contribution is 5.83. The maximum absolute atomic E-state index is 6.94. The van der Waals surface area contributed by atoms with E-state index in [-0.39, 0.29) is 31.8 Å². The quantitative estimate of drug-likeness (QED) is 0.372. The molecule has 0 spiro atoms. The topological polar surface area (TPSA) is 102 Å². The van der Waals surface area contributed by atoms with Crippen molar-refractivity contribution in [2.75, 3.05) is 37.9 Å². The van der Waals surface area contributed by atoms with Crippen LogP contribution in [-0.4, -0.2) is 50.8 Å². The van der Waals surface area contributed by atoms with Crippen LogP contribution < -0.4 is 11.5 Å². The number of epoxide rings is 4. The highest BCUT2D eigenvalue weighted by Crippen LogP contribution is 2.45. The van der Waals surface area contributed by atoms with Gasteiger partial charge in [0.2, 0.25) is 0 Å². The first-order valence-electron chi connectivity index (χ1n) is 12.9. The Morgan fingerprint density at radius 3 is 1.51 bits per heavy atom. The maximum atomic E-state index is 6.94. The van der Waals surface area contributed by atoms with Gasteiger partial charge in [0.15, 0.2) is 0 Å². The van der Waals surface area contributed by atoms with Crippen molar-refractivity contribution in [3.63, 3.8) is 0 Å². The lowest BCUT2D eigenvalue weighted by Gasteiger charge is -2.27. The highest BCUT2D eigenvalue weighted by Gasteiger charge is 2.36. The molecular weight excluding hydrogens is 440 g/mol. The molecule has 190 valence electrons. The molecule has 0 saturated carbocycles. The van der Waals surface area contributed by atoms with Crippen LogP contribution in [0, 0.1) is 0 Å². The zero-order valence-corrected chi connectivity index (χ0v) is 20.3. The number of benzene rings is 2. The van der Waals surface area contributed by atoms with Crippen molar-refractivity contribution in [2.24, 2.45) is 0 Å². The summed E-state index contributed by atoms with van der Waals surface area (Å²) in [5.41, 5.74) is 25.7. The number of nitrogens with two attached hydrogens (primary N) is 2. The van der Waals surface area contributed by atoms with E-state index in [0.29, 0.717) is 0 Å². The van der Waals surface area contributed by atoms with Crippen LogP contribution >= 0.6 is 0 Å². The fraction of sp³-hybridized carbons (Fsp3) is 0.586. The van der Waals surface area contributed by atoms with Gasteiger partial charge in [0.1, 0.15) is 0 Å². The predicted octanol–water partition coefficient (Wildman–Crippen LogP) is 4.04. The van der Waals surface area contributed by atoms with Crippen LogP contribution in [0.5, 0.6) is 0 Å². The Bertz CT molecular complexity index is 1100. The molecule has 6 rings (SSSR count). The smallest absolute Gasteiger partial charge is 0.0851 e. The van der Waals surface area contributed by atoms with E-state index in [0.717, 1.165) is 76.3 Å². The van der Waals surface area contributed by atoms with Crippen LogP contribution in [0.15, 0.2) is 12.1 Å². The molecule has 6 heteroatoms. The van der Waals surface area contributed by atoms with Crippen LogP contribution in [-0.2, 0) is 57.5 Å². The van der Waals surface area contributed by atoms with Crippen LogP contribution in [0.25, 0.3) is 11.1 Å². The summed E-state index contributed by atoms with van der Waals surface area (Å²) in [6, 6.07) is 4.33. The average molecular weight is 481 g/mol. The molecule has 0 amide bonds. The summed E-state index contributed by atoms with van der Waals surface area (Å²) in [4.78, 5) is 0. The second-order valence-electron chi connectivity index (χ2n) is 10.2. The third-order valence-electron chi connectivity index (χ3n) is 7.76. The molecule has 4 fully saturated rings. The molecule has 4 aliphatic heterocycles. The van der Waals surface area contributed by atoms with Gasteiger partial charge in [-0.1, -0.05) is 27.3 Å². The number of rotatable bonds is 11. The third kappa shape index (κ3) is 5.08. The molecule has 4 saturated heterocycles. The van der Waals surface area contributed by atoms with Gasteiger partial charge in [-0.05, 0) is 63.4 Å². The molecule has 4 N–H and O–H groups in total.